The third-order valence-corrected chi connectivity index (χ3v) is 4.44. The maximum Gasteiger partial charge on any atom is 0.125 e. The summed E-state index contributed by atoms with van der Waals surface area (Å²) in [6.45, 7) is 11.6. The summed E-state index contributed by atoms with van der Waals surface area (Å²) in [7, 11) is 1.69. The molecule has 1 saturated heterocycles. The van der Waals surface area contributed by atoms with Gasteiger partial charge in [-0.15, -0.1) is 0 Å². The summed E-state index contributed by atoms with van der Waals surface area (Å²) in [5, 5.41) is 11.2. The van der Waals surface area contributed by atoms with Gasteiger partial charge in [0, 0.05) is 25.2 Å². The van der Waals surface area contributed by atoms with Gasteiger partial charge in [0.1, 0.15) is 5.75 Å². The number of nitrogens with zero attached hydrogens (tertiary/aromatic N) is 1. The molecular weight excluding hydrogens is 262 g/mol. The zero-order chi connectivity index (χ0) is 15.6. The summed E-state index contributed by atoms with van der Waals surface area (Å²) in [6, 6.07) is 4.16. The van der Waals surface area contributed by atoms with E-state index in [-0.39, 0.29) is 0 Å². The molecule has 1 aromatic rings. The Bertz CT molecular complexity index is 488. The Hall–Kier alpha value is -1.06. The number of benzene rings is 1. The normalized spacial score (nSPS) is 19.0. The molecule has 3 nitrogen and oxygen atoms in total. The average Bonchev–Trinajstić information content (AvgIpc) is 2.40. The molecule has 21 heavy (non-hydrogen) atoms. The molecule has 0 bridgehead atoms. The van der Waals surface area contributed by atoms with Gasteiger partial charge in [-0.3, -0.25) is 0 Å². The quantitative estimate of drug-likeness (QED) is 0.924. The largest absolute Gasteiger partial charge is 0.496 e. The van der Waals surface area contributed by atoms with E-state index in [9.17, 15) is 5.11 Å². The summed E-state index contributed by atoms with van der Waals surface area (Å²) < 4.78 is 5.54. The third kappa shape index (κ3) is 3.58. The molecule has 2 rings (SSSR count). The minimum absolute atomic E-state index is 0.673. The van der Waals surface area contributed by atoms with E-state index in [1.165, 1.54) is 5.56 Å². The van der Waals surface area contributed by atoms with Crippen LogP contribution in [-0.2, 0) is 5.60 Å². The highest BCUT2D eigenvalue weighted by molar-refractivity contribution is 5.46. The van der Waals surface area contributed by atoms with Crippen LogP contribution in [0.2, 0.25) is 0 Å². The van der Waals surface area contributed by atoms with Gasteiger partial charge in [-0.25, -0.2) is 0 Å². The fourth-order valence-electron chi connectivity index (χ4n) is 3.56. The van der Waals surface area contributed by atoms with Crippen LogP contribution < -0.4 is 4.74 Å². The number of aliphatic hydroxyl groups is 1. The molecule has 3 heteroatoms. The predicted molar refractivity (Wildman–Crippen MR) is 86.9 cm³/mol. The molecule has 1 heterocycles. The molecule has 0 spiro atoms. The van der Waals surface area contributed by atoms with E-state index in [1.807, 2.05) is 6.07 Å². The highest BCUT2D eigenvalue weighted by atomic mass is 16.5. The number of hydrogen-bond acceptors (Lipinski definition) is 3. The molecule has 0 aliphatic carbocycles. The van der Waals surface area contributed by atoms with Crippen LogP contribution in [0.5, 0.6) is 5.75 Å². The molecule has 1 aliphatic heterocycles. The van der Waals surface area contributed by atoms with Gasteiger partial charge in [-0.05, 0) is 49.8 Å². The van der Waals surface area contributed by atoms with Crippen LogP contribution in [0, 0.1) is 19.8 Å². The van der Waals surface area contributed by atoms with Crippen LogP contribution in [-0.4, -0.2) is 36.8 Å². The van der Waals surface area contributed by atoms with E-state index < -0.39 is 5.60 Å². The van der Waals surface area contributed by atoms with Crippen LogP contribution in [0.4, 0.5) is 0 Å². The number of ether oxygens (including phenoxy) is 1. The Labute approximate surface area is 128 Å². The number of aryl methyl sites for hydroxylation is 2. The summed E-state index contributed by atoms with van der Waals surface area (Å²) >= 11 is 0. The zero-order valence-corrected chi connectivity index (χ0v) is 14.1. The van der Waals surface area contributed by atoms with E-state index in [1.54, 1.807) is 7.11 Å². The van der Waals surface area contributed by atoms with Crippen LogP contribution in [0.3, 0.4) is 0 Å². The van der Waals surface area contributed by atoms with Gasteiger partial charge in [0.15, 0.2) is 0 Å². The van der Waals surface area contributed by atoms with Crippen LogP contribution >= 0.6 is 0 Å². The number of likely N-dealkylation sites (tertiary alicyclic amines) is 1. The van der Waals surface area contributed by atoms with Gasteiger partial charge >= 0.3 is 0 Å². The highest BCUT2D eigenvalue weighted by Gasteiger charge is 2.37. The molecule has 1 N–H and O–H groups in total. The van der Waals surface area contributed by atoms with Crippen LogP contribution in [0.1, 0.15) is 43.4 Å². The van der Waals surface area contributed by atoms with Crippen molar-refractivity contribution in [2.45, 2.75) is 46.1 Å². The smallest absolute Gasteiger partial charge is 0.125 e. The minimum Gasteiger partial charge on any atom is -0.496 e. The maximum atomic E-state index is 11.2. The fraction of sp³-hybridized carbons (Fsp3) is 0.667. The topological polar surface area (TPSA) is 32.7 Å². The van der Waals surface area contributed by atoms with Crippen molar-refractivity contribution in [2.75, 3.05) is 26.7 Å². The van der Waals surface area contributed by atoms with Crippen molar-refractivity contribution in [3.63, 3.8) is 0 Å². The minimum atomic E-state index is -0.753. The average molecular weight is 291 g/mol. The second-order valence-corrected chi connectivity index (χ2v) is 6.89. The fourth-order valence-corrected chi connectivity index (χ4v) is 3.56. The summed E-state index contributed by atoms with van der Waals surface area (Å²) in [6.07, 6.45) is 1.56. The monoisotopic (exact) mass is 291 g/mol. The van der Waals surface area contributed by atoms with Crippen molar-refractivity contribution < 1.29 is 9.84 Å². The van der Waals surface area contributed by atoms with E-state index in [2.05, 4.69) is 38.7 Å². The van der Waals surface area contributed by atoms with Crippen molar-refractivity contribution in [3.8, 4) is 5.75 Å². The Kier molecular flexibility index (Phi) is 4.95. The second-order valence-electron chi connectivity index (χ2n) is 6.89. The van der Waals surface area contributed by atoms with E-state index in [4.69, 9.17) is 4.74 Å². The number of rotatable bonds is 4. The Balaban J connectivity index is 2.23. The standard InChI is InChI=1S/C18H29NO2/c1-13(2)12-19-8-6-18(20,7-9-19)17-15(4)10-14(3)11-16(17)21-5/h10-11,13,20H,6-9,12H2,1-5H3. The van der Waals surface area contributed by atoms with Crippen molar-refractivity contribution in [1.29, 1.82) is 0 Å². The van der Waals surface area contributed by atoms with Gasteiger partial charge in [0.05, 0.1) is 12.7 Å². The molecule has 1 aromatic carbocycles. The SMILES string of the molecule is COc1cc(C)cc(C)c1C1(O)CCN(CC(C)C)CC1. The summed E-state index contributed by atoms with van der Waals surface area (Å²) in [5.74, 6) is 1.50. The van der Waals surface area contributed by atoms with E-state index in [0.29, 0.717) is 5.92 Å². The van der Waals surface area contributed by atoms with Gasteiger partial charge in [0.2, 0.25) is 0 Å². The molecule has 0 unspecified atom stereocenters. The van der Waals surface area contributed by atoms with Gasteiger partial charge in [-0.2, -0.15) is 0 Å². The first-order chi connectivity index (χ1) is 9.85. The van der Waals surface area contributed by atoms with Crippen molar-refractivity contribution in [3.05, 3.63) is 28.8 Å². The van der Waals surface area contributed by atoms with Crippen molar-refractivity contribution in [2.24, 2.45) is 5.92 Å². The van der Waals surface area contributed by atoms with Gasteiger partial charge in [-0.1, -0.05) is 19.9 Å². The molecular formula is C18H29NO2. The van der Waals surface area contributed by atoms with E-state index >= 15 is 0 Å². The Morgan fingerprint density at radius 2 is 1.86 bits per heavy atom. The zero-order valence-electron chi connectivity index (χ0n) is 14.1. The Morgan fingerprint density at radius 3 is 2.38 bits per heavy atom. The predicted octanol–water partition coefficient (Wildman–Crippen LogP) is 3.25. The molecule has 1 fully saturated rings. The third-order valence-electron chi connectivity index (χ3n) is 4.44. The molecule has 0 atom stereocenters. The van der Waals surface area contributed by atoms with Crippen molar-refractivity contribution in [1.82, 2.24) is 4.90 Å². The second kappa shape index (κ2) is 6.37. The van der Waals surface area contributed by atoms with Crippen molar-refractivity contribution >= 4 is 0 Å². The first-order valence-corrected chi connectivity index (χ1v) is 7.96. The number of methoxy groups -OCH3 is 1. The lowest BCUT2D eigenvalue weighted by Crippen LogP contribution is -2.44. The molecule has 1 aliphatic rings. The highest BCUT2D eigenvalue weighted by Crippen LogP contribution is 2.40. The van der Waals surface area contributed by atoms with Gasteiger partial charge in [0.25, 0.3) is 0 Å². The lowest BCUT2D eigenvalue weighted by atomic mass is 9.81. The van der Waals surface area contributed by atoms with E-state index in [0.717, 1.165) is 49.4 Å². The summed E-state index contributed by atoms with van der Waals surface area (Å²) in [4.78, 5) is 2.45. The first kappa shape index (κ1) is 16.3. The van der Waals surface area contributed by atoms with Crippen LogP contribution in [0.25, 0.3) is 0 Å². The lowest BCUT2D eigenvalue weighted by molar-refractivity contribution is -0.0299. The molecule has 0 aromatic heterocycles. The number of hydrogen-bond donors (Lipinski definition) is 1. The number of piperidine rings is 1. The molecule has 0 saturated carbocycles. The lowest BCUT2D eigenvalue weighted by Gasteiger charge is -2.40. The molecule has 0 radical (unpaired) electrons. The molecule has 118 valence electrons. The Morgan fingerprint density at radius 1 is 1.24 bits per heavy atom. The molecule has 0 amide bonds. The maximum absolute atomic E-state index is 11.2. The van der Waals surface area contributed by atoms with Crippen LogP contribution in [0.15, 0.2) is 12.1 Å². The first-order valence-electron chi connectivity index (χ1n) is 7.96. The summed E-state index contributed by atoms with van der Waals surface area (Å²) in [5.41, 5.74) is 2.54. The van der Waals surface area contributed by atoms with Gasteiger partial charge < -0.3 is 14.7 Å².